The van der Waals surface area contributed by atoms with E-state index in [-0.39, 0.29) is 12.0 Å². The van der Waals surface area contributed by atoms with Crippen LogP contribution in [-0.2, 0) is 6.42 Å². The van der Waals surface area contributed by atoms with Crippen LogP contribution in [0.4, 0.5) is 8.78 Å². The van der Waals surface area contributed by atoms with E-state index >= 15 is 0 Å². The van der Waals surface area contributed by atoms with E-state index in [2.05, 4.69) is 0 Å². The molecule has 0 amide bonds. The van der Waals surface area contributed by atoms with E-state index < -0.39 is 11.6 Å². The maximum Gasteiger partial charge on any atom is 0.129 e. The molecular formula is C10H11F2N. The number of benzene rings is 1. The van der Waals surface area contributed by atoms with Gasteiger partial charge in [0.05, 0.1) is 0 Å². The molecule has 0 saturated heterocycles. The van der Waals surface area contributed by atoms with Gasteiger partial charge in [-0.1, -0.05) is 6.92 Å². The van der Waals surface area contributed by atoms with Gasteiger partial charge in [0, 0.05) is 12.1 Å². The van der Waals surface area contributed by atoms with Gasteiger partial charge < -0.3 is 5.73 Å². The largest absolute Gasteiger partial charge is 0.324 e. The fourth-order valence-electron chi connectivity index (χ4n) is 1.89. The van der Waals surface area contributed by atoms with Crippen molar-refractivity contribution in [3.8, 4) is 0 Å². The molecule has 2 atom stereocenters. The summed E-state index contributed by atoms with van der Waals surface area (Å²) in [5.74, 6) is -0.804. The molecule has 1 nitrogen and oxygen atoms in total. The Bertz CT molecular complexity index is 349. The van der Waals surface area contributed by atoms with Crippen molar-refractivity contribution < 1.29 is 8.78 Å². The fraction of sp³-hybridized carbons (Fsp3) is 0.400. The molecule has 2 N–H and O–H groups in total. The molecule has 0 spiro atoms. The second kappa shape index (κ2) is 2.77. The molecule has 3 heteroatoms. The van der Waals surface area contributed by atoms with E-state index in [9.17, 15) is 8.78 Å². The Hall–Kier alpha value is -0.960. The molecule has 0 aliphatic heterocycles. The lowest BCUT2D eigenvalue weighted by molar-refractivity contribution is 0.509. The van der Waals surface area contributed by atoms with Crippen molar-refractivity contribution in [2.75, 3.05) is 0 Å². The molecule has 0 heterocycles. The van der Waals surface area contributed by atoms with Gasteiger partial charge in [-0.25, -0.2) is 8.78 Å². The normalized spacial score (nSPS) is 26.2. The highest BCUT2D eigenvalue weighted by Gasteiger charge is 2.29. The third-order valence-corrected chi connectivity index (χ3v) is 2.69. The fourth-order valence-corrected chi connectivity index (χ4v) is 1.89. The van der Waals surface area contributed by atoms with Crippen LogP contribution in [0.25, 0.3) is 0 Å². The molecule has 0 aromatic heterocycles. The zero-order valence-corrected chi connectivity index (χ0v) is 7.35. The Morgan fingerprint density at radius 3 is 2.77 bits per heavy atom. The summed E-state index contributed by atoms with van der Waals surface area (Å²) in [6.07, 6.45) is 0.614. The van der Waals surface area contributed by atoms with E-state index in [1.807, 2.05) is 6.92 Å². The van der Waals surface area contributed by atoms with Crippen molar-refractivity contribution in [2.24, 2.45) is 11.7 Å². The molecular weight excluding hydrogens is 172 g/mol. The average Bonchev–Trinajstić information content (AvgIpc) is 2.32. The van der Waals surface area contributed by atoms with Crippen LogP contribution in [0.1, 0.15) is 24.1 Å². The minimum Gasteiger partial charge on any atom is -0.324 e. The van der Waals surface area contributed by atoms with Crippen LogP contribution in [0, 0.1) is 17.6 Å². The summed E-state index contributed by atoms with van der Waals surface area (Å²) in [4.78, 5) is 0. The summed E-state index contributed by atoms with van der Waals surface area (Å²) in [7, 11) is 0. The molecule has 0 saturated carbocycles. The van der Waals surface area contributed by atoms with Crippen molar-refractivity contribution in [1.29, 1.82) is 0 Å². The summed E-state index contributed by atoms with van der Waals surface area (Å²) in [5, 5.41) is 0. The monoisotopic (exact) mass is 183 g/mol. The van der Waals surface area contributed by atoms with Gasteiger partial charge in [0.2, 0.25) is 0 Å². The van der Waals surface area contributed by atoms with E-state index in [4.69, 9.17) is 5.73 Å². The predicted octanol–water partition coefficient (Wildman–Crippen LogP) is 2.16. The van der Waals surface area contributed by atoms with Gasteiger partial charge in [0.25, 0.3) is 0 Å². The molecule has 1 aromatic carbocycles. The SMILES string of the molecule is CC1Cc2c(F)cc(F)cc2C1N. The second-order valence-electron chi connectivity index (χ2n) is 3.66. The summed E-state index contributed by atoms with van der Waals surface area (Å²) >= 11 is 0. The summed E-state index contributed by atoms with van der Waals surface area (Å²) < 4.78 is 26.0. The first kappa shape index (κ1) is 8.63. The third kappa shape index (κ3) is 1.23. The van der Waals surface area contributed by atoms with Crippen molar-refractivity contribution in [3.63, 3.8) is 0 Å². The topological polar surface area (TPSA) is 26.0 Å². The third-order valence-electron chi connectivity index (χ3n) is 2.69. The van der Waals surface area contributed by atoms with Crippen LogP contribution in [-0.4, -0.2) is 0 Å². The number of hydrogen-bond donors (Lipinski definition) is 1. The van der Waals surface area contributed by atoms with Gasteiger partial charge in [-0.15, -0.1) is 0 Å². The van der Waals surface area contributed by atoms with Crippen LogP contribution < -0.4 is 5.73 Å². The van der Waals surface area contributed by atoms with Gasteiger partial charge in [-0.2, -0.15) is 0 Å². The highest BCUT2D eigenvalue weighted by molar-refractivity contribution is 5.36. The second-order valence-corrected chi connectivity index (χ2v) is 3.66. The van der Waals surface area contributed by atoms with Gasteiger partial charge in [-0.3, -0.25) is 0 Å². The average molecular weight is 183 g/mol. The summed E-state index contributed by atoms with van der Waals surface area (Å²) in [6, 6.07) is 2.04. The van der Waals surface area contributed by atoms with Crippen molar-refractivity contribution in [3.05, 3.63) is 34.9 Å². The first-order valence-corrected chi connectivity index (χ1v) is 4.33. The minimum atomic E-state index is -0.541. The molecule has 2 rings (SSSR count). The zero-order chi connectivity index (χ0) is 9.59. The molecule has 1 aromatic rings. The lowest BCUT2D eigenvalue weighted by Gasteiger charge is -2.09. The number of halogens is 2. The maximum atomic E-state index is 13.2. The highest BCUT2D eigenvalue weighted by Crippen LogP contribution is 2.35. The van der Waals surface area contributed by atoms with Crippen LogP contribution in [0.2, 0.25) is 0 Å². The zero-order valence-electron chi connectivity index (χ0n) is 7.35. The first-order chi connectivity index (χ1) is 6.09. The highest BCUT2D eigenvalue weighted by atomic mass is 19.1. The number of fused-ring (bicyclic) bond motifs is 1. The quantitative estimate of drug-likeness (QED) is 0.655. The van der Waals surface area contributed by atoms with Gasteiger partial charge >= 0.3 is 0 Å². The summed E-state index contributed by atoms with van der Waals surface area (Å²) in [5.41, 5.74) is 7.01. The number of rotatable bonds is 0. The smallest absolute Gasteiger partial charge is 0.129 e. The van der Waals surface area contributed by atoms with Crippen LogP contribution in [0.15, 0.2) is 12.1 Å². The maximum absolute atomic E-state index is 13.2. The van der Waals surface area contributed by atoms with Crippen LogP contribution in [0.5, 0.6) is 0 Å². The van der Waals surface area contributed by atoms with Gasteiger partial charge in [0.15, 0.2) is 0 Å². The molecule has 1 aliphatic carbocycles. The van der Waals surface area contributed by atoms with Crippen LogP contribution >= 0.6 is 0 Å². The Kier molecular flexibility index (Phi) is 1.84. The minimum absolute atomic E-state index is 0.200. The molecule has 0 fully saturated rings. The van der Waals surface area contributed by atoms with E-state index in [0.717, 1.165) is 6.07 Å². The van der Waals surface area contributed by atoms with E-state index in [1.165, 1.54) is 6.07 Å². The molecule has 1 aliphatic rings. The predicted molar refractivity (Wildman–Crippen MR) is 46.2 cm³/mol. The lowest BCUT2D eigenvalue weighted by Crippen LogP contribution is -2.13. The van der Waals surface area contributed by atoms with E-state index in [1.54, 1.807) is 0 Å². The Labute approximate surface area is 75.6 Å². The molecule has 13 heavy (non-hydrogen) atoms. The Balaban J connectivity index is 2.57. The van der Waals surface area contributed by atoms with E-state index in [0.29, 0.717) is 17.5 Å². The van der Waals surface area contributed by atoms with Gasteiger partial charge in [-0.05, 0) is 29.5 Å². The number of nitrogens with two attached hydrogens (primary N) is 1. The lowest BCUT2D eigenvalue weighted by atomic mass is 10.0. The Morgan fingerprint density at radius 2 is 2.08 bits per heavy atom. The molecule has 70 valence electrons. The van der Waals surface area contributed by atoms with Crippen LogP contribution in [0.3, 0.4) is 0 Å². The molecule has 0 bridgehead atoms. The number of hydrogen-bond acceptors (Lipinski definition) is 1. The van der Waals surface area contributed by atoms with Gasteiger partial charge in [0.1, 0.15) is 11.6 Å². The standard InChI is InChI=1S/C10H11F2N/c1-5-2-7-8(10(5)13)3-6(11)4-9(7)12/h3-5,10H,2,13H2,1H3. The summed E-state index contributed by atoms with van der Waals surface area (Å²) in [6.45, 7) is 1.95. The van der Waals surface area contributed by atoms with Crippen molar-refractivity contribution in [2.45, 2.75) is 19.4 Å². The Morgan fingerprint density at radius 1 is 1.38 bits per heavy atom. The van der Waals surface area contributed by atoms with Crippen molar-refractivity contribution >= 4 is 0 Å². The molecule has 0 radical (unpaired) electrons. The molecule has 2 unspecified atom stereocenters. The van der Waals surface area contributed by atoms with Crippen molar-refractivity contribution in [1.82, 2.24) is 0 Å². The first-order valence-electron chi connectivity index (χ1n) is 4.33.